The van der Waals surface area contributed by atoms with Gasteiger partial charge in [-0.2, -0.15) is 0 Å². The number of carbonyl (C=O) groups excluding carboxylic acids is 1. The van der Waals surface area contributed by atoms with Gasteiger partial charge in [-0.1, -0.05) is 41.5 Å². The molecule has 1 heterocycles. The van der Waals surface area contributed by atoms with Crippen LogP contribution in [0.3, 0.4) is 0 Å². The number of carbonyl (C=O) groups is 1. The molecule has 0 bridgehead atoms. The first-order valence-corrected chi connectivity index (χ1v) is 7.15. The highest BCUT2D eigenvalue weighted by Gasteiger charge is 2.25. The normalized spacial score (nSPS) is 12.3. The monoisotopic (exact) mass is 277 g/mol. The molecular weight excluding hydrogens is 250 g/mol. The summed E-state index contributed by atoms with van der Waals surface area (Å²) in [6.45, 7) is 14.8. The van der Waals surface area contributed by atoms with E-state index in [1.807, 2.05) is 27.7 Å². The molecule has 1 aromatic rings. The summed E-state index contributed by atoms with van der Waals surface area (Å²) in [4.78, 5) is 16.6. The standard InChI is InChI=1S/C17H27NO2/c1-12-13(14(19)17(5,6)7)8-10-18-15(12)20-11-9-16(2,3)4/h8,10H,9,11H2,1-7H3. The summed E-state index contributed by atoms with van der Waals surface area (Å²) in [6.07, 6.45) is 2.60. The predicted octanol–water partition coefficient (Wildman–Crippen LogP) is 4.43. The molecule has 0 aliphatic heterocycles. The molecule has 1 aromatic heterocycles. The number of pyridine rings is 1. The van der Waals surface area contributed by atoms with Gasteiger partial charge in [0.15, 0.2) is 5.78 Å². The van der Waals surface area contributed by atoms with Crippen molar-refractivity contribution in [2.75, 3.05) is 6.61 Å². The van der Waals surface area contributed by atoms with Gasteiger partial charge in [0, 0.05) is 22.7 Å². The summed E-state index contributed by atoms with van der Waals surface area (Å²) < 4.78 is 5.75. The van der Waals surface area contributed by atoms with Gasteiger partial charge in [-0.15, -0.1) is 0 Å². The molecule has 0 amide bonds. The van der Waals surface area contributed by atoms with Crippen LogP contribution in [-0.4, -0.2) is 17.4 Å². The fraction of sp³-hybridized carbons (Fsp3) is 0.647. The van der Waals surface area contributed by atoms with E-state index in [1.54, 1.807) is 12.3 Å². The number of aromatic nitrogens is 1. The average molecular weight is 277 g/mol. The van der Waals surface area contributed by atoms with E-state index in [9.17, 15) is 4.79 Å². The average Bonchev–Trinajstić information content (AvgIpc) is 2.28. The highest BCUT2D eigenvalue weighted by Crippen LogP contribution is 2.27. The van der Waals surface area contributed by atoms with Gasteiger partial charge in [0.2, 0.25) is 5.88 Å². The fourth-order valence-electron chi connectivity index (χ4n) is 1.77. The molecule has 0 saturated heterocycles. The molecule has 20 heavy (non-hydrogen) atoms. The van der Waals surface area contributed by atoms with Crippen LogP contribution in [0.15, 0.2) is 12.3 Å². The molecule has 1 rings (SSSR count). The summed E-state index contributed by atoms with van der Waals surface area (Å²) >= 11 is 0. The smallest absolute Gasteiger partial charge is 0.216 e. The van der Waals surface area contributed by atoms with E-state index in [4.69, 9.17) is 4.74 Å². The van der Waals surface area contributed by atoms with Crippen molar-refractivity contribution in [1.29, 1.82) is 0 Å². The molecule has 0 unspecified atom stereocenters. The van der Waals surface area contributed by atoms with Gasteiger partial charge in [0.25, 0.3) is 0 Å². The molecule has 0 aliphatic rings. The number of ether oxygens (including phenoxy) is 1. The van der Waals surface area contributed by atoms with E-state index in [-0.39, 0.29) is 11.2 Å². The molecule has 3 nitrogen and oxygen atoms in total. The second-order valence-electron chi connectivity index (χ2n) is 7.53. The van der Waals surface area contributed by atoms with Crippen molar-refractivity contribution < 1.29 is 9.53 Å². The quantitative estimate of drug-likeness (QED) is 0.764. The molecule has 0 aliphatic carbocycles. The molecule has 0 spiro atoms. The van der Waals surface area contributed by atoms with Crippen LogP contribution in [0.1, 0.15) is 63.9 Å². The Balaban J connectivity index is 2.88. The molecule has 0 radical (unpaired) electrons. The lowest BCUT2D eigenvalue weighted by molar-refractivity contribution is 0.0856. The third-order valence-corrected chi connectivity index (χ3v) is 3.17. The van der Waals surface area contributed by atoms with E-state index in [1.165, 1.54) is 0 Å². The Morgan fingerprint density at radius 1 is 1.20 bits per heavy atom. The zero-order chi connectivity index (χ0) is 15.6. The molecule has 112 valence electrons. The molecule has 0 atom stereocenters. The second-order valence-corrected chi connectivity index (χ2v) is 7.53. The van der Waals surface area contributed by atoms with Crippen LogP contribution in [0.5, 0.6) is 5.88 Å². The minimum Gasteiger partial charge on any atom is -0.477 e. The molecule has 0 fully saturated rings. The van der Waals surface area contributed by atoms with Crippen LogP contribution in [0.25, 0.3) is 0 Å². The summed E-state index contributed by atoms with van der Waals surface area (Å²) in [5.74, 6) is 0.697. The van der Waals surface area contributed by atoms with Crippen LogP contribution >= 0.6 is 0 Å². The maximum Gasteiger partial charge on any atom is 0.216 e. The minimum atomic E-state index is -0.394. The van der Waals surface area contributed by atoms with Crippen molar-refractivity contribution in [3.63, 3.8) is 0 Å². The SMILES string of the molecule is Cc1c(C(=O)C(C)(C)C)ccnc1OCCC(C)(C)C. The lowest BCUT2D eigenvalue weighted by Gasteiger charge is -2.20. The van der Waals surface area contributed by atoms with Crippen LogP contribution in [0, 0.1) is 17.8 Å². The maximum absolute atomic E-state index is 12.4. The van der Waals surface area contributed by atoms with Crippen molar-refractivity contribution in [3.05, 3.63) is 23.4 Å². The van der Waals surface area contributed by atoms with Crippen LogP contribution in [0.2, 0.25) is 0 Å². The van der Waals surface area contributed by atoms with Gasteiger partial charge in [0.05, 0.1) is 6.61 Å². The molecule has 0 saturated carbocycles. The summed E-state index contributed by atoms with van der Waals surface area (Å²) in [5, 5.41) is 0. The summed E-state index contributed by atoms with van der Waals surface area (Å²) in [5.41, 5.74) is 1.38. The number of Topliss-reactive ketones (excluding diaryl/α,β-unsaturated/α-hetero) is 1. The van der Waals surface area contributed by atoms with Crippen LogP contribution < -0.4 is 4.74 Å². The van der Waals surface area contributed by atoms with Gasteiger partial charge >= 0.3 is 0 Å². The highest BCUT2D eigenvalue weighted by atomic mass is 16.5. The van der Waals surface area contributed by atoms with Crippen LogP contribution in [0.4, 0.5) is 0 Å². The zero-order valence-corrected chi connectivity index (χ0v) is 13.8. The van der Waals surface area contributed by atoms with E-state index in [2.05, 4.69) is 25.8 Å². The van der Waals surface area contributed by atoms with Gasteiger partial charge < -0.3 is 4.74 Å². The first kappa shape index (κ1) is 16.7. The second kappa shape index (κ2) is 5.94. The number of hydrogen-bond donors (Lipinski definition) is 0. The first-order valence-electron chi connectivity index (χ1n) is 7.15. The third kappa shape index (κ3) is 4.62. The van der Waals surface area contributed by atoms with Crippen molar-refractivity contribution >= 4 is 5.78 Å². The van der Waals surface area contributed by atoms with Crippen molar-refractivity contribution in [2.24, 2.45) is 10.8 Å². The zero-order valence-electron chi connectivity index (χ0n) is 13.8. The number of rotatable bonds is 4. The number of nitrogens with zero attached hydrogens (tertiary/aromatic N) is 1. The molecule has 0 aromatic carbocycles. The first-order chi connectivity index (χ1) is 9.02. The Bertz CT molecular complexity index is 479. The topological polar surface area (TPSA) is 39.2 Å². The van der Waals surface area contributed by atoms with Gasteiger partial charge in [0.1, 0.15) is 0 Å². The molecule has 0 N–H and O–H groups in total. The Morgan fingerprint density at radius 3 is 2.30 bits per heavy atom. The molecule has 3 heteroatoms. The minimum absolute atomic E-state index is 0.123. The van der Waals surface area contributed by atoms with E-state index < -0.39 is 5.41 Å². The van der Waals surface area contributed by atoms with Gasteiger partial charge in [-0.3, -0.25) is 4.79 Å². The van der Waals surface area contributed by atoms with Gasteiger partial charge in [-0.05, 0) is 24.8 Å². The Labute approximate surface area is 122 Å². The van der Waals surface area contributed by atoms with Gasteiger partial charge in [-0.25, -0.2) is 4.98 Å². The number of hydrogen-bond acceptors (Lipinski definition) is 3. The summed E-state index contributed by atoms with van der Waals surface area (Å²) in [6, 6.07) is 1.78. The largest absolute Gasteiger partial charge is 0.477 e. The van der Waals surface area contributed by atoms with Crippen molar-refractivity contribution in [2.45, 2.75) is 54.9 Å². The Hall–Kier alpha value is -1.38. The number of ketones is 1. The Kier molecular flexibility index (Phi) is 4.95. The fourth-order valence-corrected chi connectivity index (χ4v) is 1.77. The predicted molar refractivity (Wildman–Crippen MR) is 82.3 cm³/mol. The van der Waals surface area contributed by atoms with E-state index >= 15 is 0 Å². The highest BCUT2D eigenvalue weighted by molar-refractivity contribution is 6.01. The van der Waals surface area contributed by atoms with Crippen molar-refractivity contribution in [3.8, 4) is 5.88 Å². The van der Waals surface area contributed by atoms with E-state index in [0.717, 1.165) is 12.0 Å². The maximum atomic E-state index is 12.4. The van der Waals surface area contributed by atoms with Crippen LogP contribution in [-0.2, 0) is 0 Å². The third-order valence-electron chi connectivity index (χ3n) is 3.17. The van der Waals surface area contributed by atoms with Crippen molar-refractivity contribution in [1.82, 2.24) is 4.98 Å². The van der Waals surface area contributed by atoms with E-state index in [0.29, 0.717) is 18.1 Å². The lowest BCUT2D eigenvalue weighted by Crippen LogP contribution is -2.21. The summed E-state index contributed by atoms with van der Waals surface area (Å²) in [7, 11) is 0. The Morgan fingerprint density at radius 2 is 1.80 bits per heavy atom. The molecular formula is C17H27NO2. The lowest BCUT2D eigenvalue weighted by atomic mass is 9.85.